The Morgan fingerprint density at radius 1 is 1.36 bits per heavy atom. The zero-order chi connectivity index (χ0) is 17.6. The molecule has 136 valence electrons. The molecule has 25 heavy (non-hydrogen) atoms. The molecular formula is C17H27N7O. The van der Waals surface area contributed by atoms with Gasteiger partial charge in [-0.15, -0.1) is 0 Å². The van der Waals surface area contributed by atoms with Gasteiger partial charge in [-0.05, 0) is 13.3 Å². The van der Waals surface area contributed by atoms with E-state index in [9.17, 15) is 0 Å². The molecule has 0 amide bonds. The summed E-state index contributed by atoms with van der Waals surface area (Å²) in [6.45, 7) is 8.12. The van der Waals surface area contributed by atoms with Crippen LogP contribution in [0.4, 0.5) is 17.6 Å². The fourth-order valence-electron chi connectivity index (χ4n) is 2.88. The maximum atomic E-state index is 5.93. The van der Waals surface area contributed by atoms with Crippen LogP contribution in [0.5, 0.6) is 0 Å². The van der Waals surface area contributed by atoms with Crippen molar-refractivity contribution in [2.24, 2.45) is 0 Å². The van der Waals surface area contributed by atoms with Crippen LogP contribution in [-0.2, 0) is 11.3 Å². The Labute approximate surface area is 148 Å². The van der Waals surface area contributed by atoms with Crippen LogP contribution in [0, 0.1) is 0 Å². The number of nitrogens with one attached hydrogen (secondary N) is 1. The highest BCUT2D eigenvalue weighted by atomic mass is 16.5. The third-order valence-electron chi connectivity index (χ3n) is 4.31. The van der Waals surface area contributed by atoms with E-state index in [1.54, 1.807) is 0 Å². The Hall–Kier alpha value is -2.35. The SMILES string of the molecule is CCCCNc1cc(N2CCO[C@@H](c3cnn(CC)c3)C2)nc(N)n1. The lowest BCUT2D eigenvalue weighted by atomic mass is 10.1. The normalized spacial score (nSPS) is 17.7. The fraction of sp³-hybridized carbons (Fsp3) is 0.588. The molecule has 1 aliphatic rings. The van der Waals surface area contributed by atoms with Crippen molar-refractivity contribution in [2.45, 2.75) is 39.3 Å². The van der Waals surface area contributed by atoms with Crippen molar-refractivity contribution in [3.63, 3.8) is 0 Å². The molecule has 8 nitrogen and oxygen atoms in total. The van der Waals surface area contributed by atoms with Crippen molar-refractivity contribution in [1.82, 2.24) is 19.7 Å². The lowest BCUT2D eigenvalue weighted by Crippen LogP contribution is -2.39. The van der Waals surface area contributed by atoms with E-state index < -0.39 is 0 Å². The predicted octanol–water partition coefficient (Wildman–Crippen LogP) is 2.07. The minimum Gasteiger partial charge on any atom is -0.370 e. The molecule has 1 fully saturated rings. The van der Waals surface area contributed by atoms with Gasteiger partial charge in [0.1, 0.15) is 17.7 Å². The molecule has 0 bridgehead atoms. The molecule has 1 atom stereocenters. The van der Waals surface area contributed by atoms with Crippen LogP contribution < -0.4 is 16.0 Å². The number of rotatable bonds is 7. The number of unbranched alkanes of at least 4 members (excludes halogenated alkanes) is 1. The summed E-state index contributed by atoms with van der Waals surface area (Å²) in [5.74, 6) is 1.90. The molecule has 1 aliphatic heterocycles. The minimum atomic E-state index is -0.0123. The van der Waals surface area contributed by atoms with Gasteiger partial charge in [0.15, 0.2) is 0 Å². The number of nitrogens with two attached hydrogens (primary N) is 1. The lowest BCUT2D eigenvalue weighted by Gasteiger charge is -2.33. The summed E-state index contributed by atoms with van der Waals surface area (Å²) in [7, 11) is 0. The summed E-state index contributed by atoms with van der Waals surface area (Å²) in [6.07, 6.45) is 6.14. The number of nitrogens with zero attached hydrogens (tertiary/aromatic N) is 5. The Bertz CT molecular complexity index is 687. The summed E-state index contributed by atoms with van der Waals surface area (Å²) in [5.41, 5.74) is 7.00. The smallest absolute Gasteiger partial charge is 0.223 e. The third kappa shape index (κ3) is 4.39. The van der Waals surface area contributed by atoms with Crippen molar-refractivity contribution >= 4 is 17.6 Å². The van der Waals surface area contributed by atoms with Gasteiger partial charge in [-0.1, -0.05) is 13.3 Å². The third-order valence-corrected chi connectivity index (χ3v) is 4.31. The maximum absolute atomic E-state index is 5.93. The topological polar surface area (TPSA) is 94.1 Å². The molecule has 3 N–H and O–H groups in total. The number of anilines is 3. The molecule has 0 aliphatic carbocycles. The average molecular weight is 345 g/mol. The number of morpholine rings is 1. The molecule has 8 heteroatoms. The van der Waals surface area contributed by atoms with Gasteiger partial charge in [-0.25, -0.2) is 0 Å². The van der Waals surface area contributed by atoms with Gasteiger partial charge < -0.3 is 20.7 Å². The van der Waals surface area contributed by atoms with E-state index in [2.05, 4.69) is 39.1 Å². The Balaban J connectivity index is 1.72. The largest absolute Gasteiger partial charge is 0.370 e. The van der Waals surface area contributed by atoms with Gasteiger partial charge >= 0.3 is 0 Å². The van der Waals surface area contributed by atoms with E-state index in [0.29, 0.717) is 12.6 Å². The molecule has 0 radical (unpaired) electrons. The first-order valence-electron chi connectivity index (χ1n) is 8.97. The van der Waals surface area contributed by atoms with Crippen LogP contribution >= 0.6 is 0 Å². The number of ether oxygens (including phenoxy) is 1. The summed E-state index contributed by atoms with van der Waals surface area (Å²) in [6, 6.07) is 1.96. The van der Waals surface area contributed by atoms with Gasteiger partial charge in [0, 0.05) is 44.0 Å². The van der Waals surface area contributed by atoms with Crippen molar-refractivity contribution < 1.29 is 4.74 Å². The van der Waals surface area contributed by atoms with Crippen molar-refractivity contribution in [2.75, 3.05) is 42.2 Å². The van der Waals surface area contributed by atoms with Gasteiger partial charge in [0.25, 0.3) is 0 Å². The van der Waals surface area contributed by atoms with Crippen LogP contribution in [0.25, 0.3) is 0 Å². The van der Waals surface area contributed by atoms with Crippen molar-refractivity contribution in [1.29, 1.82) is 0 Å². The molecule has 3 rings (SSSR count). The zero-order valence-corrected chi connectivity index (χ0v) is 15.0. The van der Waals surface area contributed by atoms with Crippen LogP contribution in [-0.4, -0.2) is 46.0 Å². The van der Waals surface area contributed by atoms with Gasteiger partial charge in [0.2, 0.25) is 5.95 Å². The van der Waals surface area contributed by atoms with E-state index in [1.807, 2.05) is 23.1 Å². The van der Waals surface area contributed by atoms with E-state index in [0.717, 1.165) is 56.2 Å². The van der Waals surface area contributed by atoms with Crippen LogP contribution in [0.1, 0.15) is 38.4 Å². The highest BCUT2D eigenvalue weighted by molar-refractivity contribution is 5.53. The molecule has 0 saturated carbocycles. The molecule has 2 aromatic rings. The van der Waals surface area contributed by atoms with E-state index in [-0.39, 0.29) is 6.10 Å². The van der Waals surface area contributed by atoms with Gasteiger partial charge in [0.05, 0.1) is 12.8 Å². The summed E-state index contributed by atoms with van der Waals surface area (Å²) >= 11 is 0. The second-order valence-electron chi connectivity index (χ2n) is 6.18. The molecule has 0 unspecified atom stereocenters. The number of aryl methyl sites for hydroxylation is 1. The first kappa shape index (κ1) is 17.5. The second kappa shape index (κ2) is 8.15. The number of aromatic nitrogens is 4. The standard InChI is InChI=1S/C17H27N7O/c1-3-5-6-19-15-9-16(22-17(18)21-15)23-7-8-25-14(12-23)13-10-20-24(4-2)11-13/h9-11,14H,3-8,12H2,1-2H3,(H3,18,19,21,22)/t14-/m1/s1. The van der Waals surface area contributed by atoms with Crippen LogP contribution in [0.3, 0.4) is 0 Å². The number of hydrogen-bond acceptors (Lipinski definition) is 7. The number of hydrogen-bond donors (Lipinski definition) is 2. The molecule has 0 spiro atoms. The summed E-state index contributed by atoms with van der Waals surface area (Å²) < 4.78 is 7.84. The van der Waals surface area contributed by atoms with Gasteiger partial charge in [-0.3, -0.25) is 4.68 Å². The molecule has 0 aromatic carbocycles. The predicted molar refractivity (Wildman–Crippen MR) is 98.6 cm³/mol. The highest BCUT2D eigenvalue weighted by Crippen LogP contribution is 2.26. The van der Waals surface area contributed by atoms with E-state index in [4.69, 9.17) is 10.5 Å². The Morgan fingerprint density at radius 3 is 3.00 bits per heavy atom. The number of nitrogen functional groups attached to an aromatic ring is 1. The van der Waals surface area contributed by atoms with Crippen molar-refractivity contribution in [3.05, 3.63) is 24.0 Å². The van der Waals surface area contributed by atoms with Gasteiger partial charge in [-0.2, -0.15) is 15.1 Å². The fourth-order valence-corrected chi connectivity index (χ4v) is 2.88. The van der Waals surface area contributed by atoms with E-state index in [1.165, 1.54) is 0 Å². The van der Waals surface area contributed by atoms with Crippen molar-refractivity contribution in [3.8, 4) is 0 Å². The first-order chi connectivity index (χ1) is 12.2. The van der Waals surface area contributed by atoms with Crippen LogP contribution in [0.15, 0.2) is 18.5 Å². The highest BCUT2D eigenvalue weighted by Gasteiger charge is 2.24. The second-order valence-corrected chi connectivity index (χ2v) is 6.18. The minimum absolute atomic E-state index is 0.0123. The first-order valence-corrected chi connectivity index (χ1v) is 8.97. The summed E-state index contributed by atoms with van der Waals surface area (Å²) in [4.78, 5) is 10.9. The monoisotopic (exact) mass is 345 g/mol. The quantitative estimate of drug-likeness (QED) is 0.742. The maximum Gasteiger partial charge on any atom is 0.223 e. The average Bonchev–Trinajstić information content (AvgIpc) is 3.11. The molecule has 1 saturated heterocycles. The Morgan fingerprint density at radius 2 is 2.24 bits per heavy atom. The lowest BCUT2D eigenvalue weighted by molar-refractivity contribution is 0.0395. The Kier molecular flexibility index (Phi) is 5.70. The van der Waals surface area contributed by atoms with E-state index >= 15 is 0 Å². The van der Waals surface area contributed by atoms with Crippen LogP contribution in [0.2, 0.25) is 0 Å². The molecule has 3 heterocycles. The summed E-state index contributed by atoms with van der Waals surface area (Å²) in [5, 5.41) is 7.66. The zero-order valence-electron chi connectivity index (χ0n) is 15.0. The molecular weight excluding hydrogens is 318 g/mol. The molecule has 2 aromatic heterocycles.